The summed E-state index contributed by atoms with van der Waals surface area (Å²) < 4.78 is 1.05. The van der Waals surface area contributed by atoms with Crippen molar-refractivity contribution in [1.82, 2.24) is 0 Å². The fraction of sp³-hybridized carbons (Fsp3) is 0.667. The predicted molar refractivity (Wildman–Crippen MR) is 85.0 cm³/mol. The van der Waals surface area contributed by atoms with Gasteiger partial charge in [-0.15, -0.1) is 0 Å². The lowest BCUT2D eigenvalue weighted by molar-refractivity contribution is -0.909. The van der Waals surface area contributed by atoms with Gasteiger partial charge in [-0.2, -0.15) is 0 Å². The first-order valence-corrected chi connectivity index (χ1v) is 7.35. The van der Waals surface area contributed by atoms with E-state index in [1.807, 2.05) is 0 Å². The van der Waals surface area contributed by atoms with Gasteiger partial charge in [0.05, 0.1) is 20.6 Å². The molecule has 0 aliphatic rings. The SMILES string of the molecule is CC(C)(C)CC(C)(C)C[N+](C)(C)Cc1ccccc1. The molecule has 0 bridgehead atoms. The Hall–Kier alpha value is -0.820. The van der Waals surface area contributed by atoms with Gasteiger partial charge in [-0.1, -0.05) is 65.0 Å². The number of nitrogens with zero attached hydrogens (tertiary/aromatic N) is 1. The first-order valence-electron chi connectivity index (χ1n) is 7.35. The van der Waals surface area contributed by atoms with Crippen LogP contribution in [0, 0.1) is 10.8 Å². The summed E-state index contributed by atoms with van der Waals surface area (Å²) in [5, 5.41) is 0. The zero-order valence-corrected chi connectivity index (χ0v) is 14.0. The van der Waals surface area contributed by atoms with Crippen LogP contribution in [0.4, 0.5) is 0 Å². The van der Waals surface area contributed by atoms with Gasteiger partial charge < -0.3 is 4.48 Å². The Labute approximate surface area is 120 Å². The summed E-state index contributed by atoms with van der Waals surface area (Å²) in [4.78, 5) is 0. The summed E-state index contributed by atoms with van der Waals surface area (Å²) in [6, 6.07) is 10.8. The van der Waals surface area contributed by atoms with Crippen molar-refractivity contribution in [2.75, 3.05) is 20.6 Å². The van der Waals surface area contributed by atoms with Gasteiger partial charge in [0, 0.05) is 11.0 Å². The normalized spacial score (nSPS) is 13.6. The van der Waals surface area contributed by atoms with Crippen molar-refractivity contribution in [3.05, 3.63) is 35.9 Å². The second kappa shape index (κ2) is 5.66. The van der Waals surface area contributed by atoms with Crippen molar-refractivity contribution < 1.29 is 4.48 Å². The van der Waals surface area contributed by atoms with Gasteiger partial charge in [0.25, 0.3) is 0 Å². The molecule has 19 heavy (non-hydrogen) atoms. The number of rotatable bonds is 5. The number of benzene rings is 1. The van der Waals surface area contributed by atoms with E-state index in [4.69, 9.17) is 0 Å². The Balaban J connectivity index is 2.68. The van der Waals surface area contributed by atoms with Crippen LogP contribution in [-0.2, 0) is 6.54 Å². The highest BCUT2D eigenvalue weighted by Crippen LogP contribution is 2.35. The summed E-state index contributed by atoms with van der Waals surface area (Å²) in [5.41, 5.74) is 2.20. The van der Waals surface area contributed by atoms with Gasteiger partial charge in [-0.25, -0.2) is 0 Å². The lowest BCUT2D eigenvalue weighted by Crippen LogP contribution is -2.46. The second-order valence-electron chi connectivity index (χ2n) is 8.64. The minimum Gasteiger partial charge on any atom is -0.324 e. The molecule has 1 aromatic carbocycles. The molecule has 108 valence electrons. The molecule has 0 aliphatic carbocycles. The van der Waals surface area contributed by atoms with Gasteiger partial charge in [0.1, 0.15) is 6.54 Å². The molecule has 1 nitrogen and oxygen atoms in total. The third-order valence-corrected chi connectivity index (χ3v) is 3.32. The van der Waals surface area contributed by atoms with Gasteiger partial charge in [-0.3, -0.25) is 0 Å². The highest BCUT2D eigenvalue weighted by molar-refractivity contribution is 5.13. The fourth-order valence-corrected chi connectivity index (χ4v) is 3.78. The average Bonchev–Trinajstić information content (AvgIpc) is 2.11. The van der Waals surface area contributed by atoms with Gasteiger partial charge in [-0.05, 0) is 11.8 Å². The fourth-order valence-electron chi connectivity index (χ4n) is 3.78. The van der Waals surface area contributed by atoms with Crippen LogP contribution in [0.2, 0.25) is 0 Å². The Kier molecular flexibility index (Phi) is 4.84. The van der Waals surface area contributed by atoms with Crippen LogP contribution >= 0.6 is 0 Å². The zero-order valence-electron chi connectivity index (χ0n) is 14.0. The lowest BCUT2D eigenvalue weighted by Gasteiger charge is -2.40. The van der Waals surface area contributed by atoms with Crippen molar-refractivity contribution in [3.8, 4) is 0 Å². The highest BCUT2D eigenvalue weighted by atomic mass is 15.3. The zero-order chi connectivity index (χ0) is 14.7. The van der Waals surface area contributed by atoms with Crippen LogP contribution in [0.3, 0.4) is 0 Å². The van der Waals surface area contributed by atoms with E-state index in [-0.39, 0.29) is 0 Å². The molecule has 0 saturated carbocycles. The van der Waals surface area contributed by atoms with Crippen molar-refractivity contribution >= 4 is 0 Å². The van der Waals surface area contributed by atoms with Gasteiger partial charge >= 0.3 is 0 Å². The maximum absolute atomic E-state index is 2.41. The van der Waals surface area contributed by atoms with E-state index in [9.17, 15) is 0 Å². The second-order valence-corrected chi connectivity index (χ2v) is 8.64. The maximum atomic E-state index is 2.41. The molecule has 0 N–H and O–H groups in total. The third-order valence-electron chi connectivity index (χ3n) is 3.32. The number of quaternary nitrogens is 1. The topological polar surface area (TPSA) is 0 Å². The number of hydrogen-bond donors (Lipinski definition) is 0. The predicted octanol–water partition coefficient (Wildman–Crippen LogP) is 4.73. The molecule has 0 radical (unpaired) electrons. The Bertz CT molecular complexity index is 382. The van der Waals surface area contributed by atoms with E-state index in [2.05, 4.69) is 79.0 Å². The highest BCUT2D eigenvalue weighted by Gasteiger charge is 2.32. The molecular weight excluding hydrogens is 230 g/mol. The minimum atomic E-state index is 0.372. The van der Waals surface area contributed by atoms with Crippen LogP contribution in [0.5, 0.6) is 0 Å². The summed E-state index contributed by atoms with van der Waals surface area (Å²) >= 11 is 0. The molecule has 1 aromatic rings. The van der Waals surface area contributed by atoms with E-state index in [1.165, 1.54) is 18.5 Å². The van der Waals surface area contributed by atoms with E-state index >= 15 is 0 Å². The summed E-state index contributed by atoms with van der Waals surface area (Å²) in [7, 11) is 4.69. The molecule has 0 amide bonds. The standard InChI is InChI=1S/C18H32N/c1-17(2,3)14-18(4,5)15-19(6,7)13-16-11-9-8-10-12-16/h8-12H,13-15H2,1-7H3/q+1. The van der Waals surface area contributed by atoms with Crippen molar-refractivity contribution in [2.45, 2.75) is 47.6 Å². The average molecular weight is 262 g/mol. The van der Waals surface area contributed by atoms with E-state index in [0.29, 0.717) is 10.8 Å². The van der Waals surface area contributed by atoms with Crippen molar-refractivity contribution in [2.24, 2.45) is 10.8 Å². The minimum absolute atomic E-state index is 0.372. The van der Waals surface area contributed by atoms with Crippen molar-refractivity contribution in [3.63, 3.8) is 0 Å². The van der Waals surface area contributed by atoms with E-state index < -0.39 is 0 Å². The molecule has 0 saturated heterocycles. The monoisotopic (exact) mass is 262 g/mol. The molecule has 0 spiro atoms. The Morgan fingerprint density at radius 1 is 0.895 bits per heavy atom. The first kappa shape index (κ1) is 16.2. The molecule has 1 heteroatoms. The number of hydrogen-bond acceptors (Lipinski definition) is 0. The van der Waals surface area contributed by atoms with Crippen LogP contribution < -0.4 is 0 Å². The van der Waals surface area contributed by atoms with Gasteiger partial charge in [0.15, 0.2) is 0 Å². The third kappa shape index (κ3) is 6.77. The lowest BCUT2D eigenvalue weighted by atomic mass is 9.75. The quantitative estimate of drug-likeness (QED) is 0.673. The Morgan fingerprint density at radius 2 is 1.42 bits per heavy atom. The Morgan fingerprint density at radius 3 is 1.89 bits per heavy atom. The van der Waals surface area contributed by atoms with Crippen LogP contribution in [0.15, 0.2) is 30.3 Å². The van der Waals surface area contributed by atoms with Crippen LogP contribution in [-0.4, -0.2) is 25.1 Å². The molecule has 0 aliphatic heterocycles. The smallest absolute Gasteiger partial charge is 0.104 e. The molecule has 0 fully saturated rings. The van der Waals surface area contributed by atoms with E-state index in [0.717, 1.165) is 11.0 Å². The molecule has 0 atom stereocenters. The van der Waals surface area contributed by atoms with Gasteiger partial charge in [0.2, 0.25) is 0 Å². The largest absolute Gasteiger partial charge is 0.324 e. The molecule has 0 unspecified atom stereocenters. The van der Waals surface area contributed by atoms with Crippen molar-refractivity contribution in [1.29, 1.82) is 0 Å². The molecule has 1 rings (SSSR count). The molecule has 0 heterocycles. The molecule has 0 aromatic heterocycles. The summed E-state index contributed by atoms with van der Waals surface area (Å²) in [5.74, 6) is 0. The summed E-state index contributed by atoms with van der Waals surface area (Å²) in [6.07, 6.45) is 1.26. The molecular formula is C18H32N+. The summed E-state index contributed by atoms with van der Waals surface area (Å²) in [6.45, 7) is 14.1. The first-order chi connectivity index (χ1) is 8.49. The van der Waals surface area contributed by atoms with Crippen LogP contribution in [0.25, 0.3) is 0 Å². The van der Waals surface area contributed by atoms with E-state index in [1.54, 1.807) is 0 Å². The van der Waals surface area contributed by atoms with Crippen LogP contribution in [0.1, 0.15) is 46.6 Å². The maximum Gasteiger partial charge on any atom is 0.104 e.